The van der Waals surface area contributed by atoms with E-state index in [0.717, 1.165) is 22.7 Å². The summed E-state index contributed by atoms with van der Waals surface area (Å²) in [6.45, 7) is 9.12. The Labute approximate surface area is 222 Å². The first-order chi connectivity index (χ1) is 18.4. The van der Waals surface area contributed by atoms with Gasteiger partial charge in [0.1, 0.15) is 11.6 Å². The SMILES string of the molecule is CCOc1ccc(-n2c(C(C)N3CCN(C(=O)Nc4cccc(C)c4)CC3)nc3ccccc3c2=O)cc1. The molecule has 2 amide bonds. The lowest BCUT2D eigenvalue weighted by molar-refractivity contribution is 0.115. The van der Waals surface area contributed by atoms with Gasteiger partial charge in [0, 0.05) is 31.9 Å². The minimum atomic E-state index is -0.138. The summed E-state index contributed by atoms with van der Waals surface area (Å²) < 4.78 is 7.30. The molecule has 38 heavy (non-hydrogen) atoms. The van der Waals surface area contributed by atoms with Crippen molar-refractivity contribution in [1.82, 2.24) is 19.4 Å². The van der Waals surface area contributed by atoms with Gasteiger partial charge in [0.05, 0.1) is 29.2 Å². The van der Waals surface area contributed by atoms with Crippen molar-refractivity contribution in [3.8, 4) is 11.4 Å². The summed E-state index contributed by atoms with van der Waals surface area (Å²) in [4.78, 5) is 35.6. The minimum absolute atomic E-state index is 0.0990. The summed E-state index contributed by atoms with van der Waals surface area (Å²) in [5.41, 5.74) is 3.22. The third-order valence-corrected chi connectivity index (χ3v) is 7.00. The van der Waals surface area contributed by atoms with E-state index < -0.39 is 0 Å². The number of piperazine rings is 1. The van der Waals surface area contributed by atoms with Gasteiger partial charge in [-0.2, -0.15) is 0 Å². The van der Waals surface area contributed by atoms with Crippen LogP contribution in [0.4, 0.5) is 10.5 Å². The highest BCUT2D eigenvalue weighted by molar-refractivity contribution is 5.89. The summed E-state index contributed by atoms with van der Waals surface area (Å²) in [7, 11) is 0. The average Bonchev–Trinajstić information content (AvgIpc) is 2.93. The van der Waals surface area contributed by atoms with Crippen LogP contribution in [0.25, 0.3) is 16.6 Å². The number of benzene rings is 3. The Bertz CT molecular complexity index is 1490. The van der Waals surface area contributed by atoms with Crippen molar-refractivity contribution in [2.75, 3.05) is 38.1 Å². The molecule has 0 bridgehead atoms. The number of hydrogen-bond donors (Lipinski definition) is 1. The maximum Gasteiger partial charge on any atom is 0.321 e. The second kappa shape index (κ2) is 11.1. The van der Waals surface area contributed by atoms with Crippen molar-refractivity contribution < 1.29 is 9.53 Å². The molecule has 5 rings (SSSR count). The molecule has 8 heteroatoms. The number of carbonyl (C=O) groups excluding carboxylic acids is 1. The van der Waals surface area contributed by atoms with Gasteiger partial charge in [-0.15, -0.1) is 0 Å². The lowest BCUT2D eigenvalue weighted by Crippen LogP contribution is -2.51. The van der Waals surface area contributed by atoms with Gasteiger partial charge in [0.25, 0.3) is 5.56 Å². The molecule has 196 valence electrons. The number of ether oxygens (including phenoxy) is 1. The molecule has 1 aliphatic rings. The number of amides is 2. The summed E-state index contributed by atoms with van der Waals surface area (Å²) in [6, 6.07) is 22.6. The van der Waals surface area contributed by atoms with Crippen LogP contribution >= 0.6 is 0 Å². The fourth-order valence-corrected chi connectivity index (χ4v) is 4.94. The van der Waals surface area contributed by atoms with Crippen molar-refractivity contribution in [3.63, 3.8) is 0 Å². The van der Waals surface area contributed by atoms with E-state index in [9.17, 15) is 9.59 Å². The maximum atomic E-state index is 13.7. The molecule has 1 aromatic heterocycles. The predicted molar refractivity (Wildman–Crippen MR) is 150 cm³/mol. The Kier molecular flexibility index (Phi) is 7.42. The van der Waals surface area contributed by atoms with Gasteiger partial charge >= 0.3 is 6.03 Å². The van der Waals surface area contributed by atoms with Crippen LogP contribution in [0.15, 0.2) is 77.6 Å². The number of carbonyl (C=O) groups is 1. The Hall–Kier alpha value is -4.17. The number of nitrogens with zero attached hydrogens (tertiary/aromatic N) is 4. The normalized spacial score (nSPS) is 14.9. The van der Waals surface area contributed by atoms with E-state index in [1.165, 1.54) is 0 Å². The fraction of sp³-hybridized carbons (Fsp3) is 0.300. The summed E-state index contributed by atoms with van der Waals surface area (Å²) in [6.07, 6.45) is 0. The Morgan fingerprint density at radius 3 is 2.45 bits per heavy atom. The lowest BCUT2D eigenvalue weighted by Gasteiger charge is -2.38. The third kappa shape index (κ3) is 5.26. The molecule has 0 radical (unpaired) electrons. The van der Waals surface area contributed by atoms with Crippen molar-refractivity contribution in [2.45, 2.75) is 26.8 Å². The molecule has 8 nitrogen and oxygen atoms in total. The van der Waals surface area contributed by atoms with Crippen LogP contribution in [0.1, 0.15) is 31.3 Å². The van der Waals surface area contributed by atoms with Crippen LogP contribution in [-0.2, 0) is 0 Å². The Balaban J connectivity index is 1.39. The molecule has 4 aromatic rings. The Morgan fingerprint density at radius 1 is 1.00 bits per heavy atom. The van der Waals surface area contributed by atoms with Crippen LogP contribution < -0.4 is 15.6 Å². The zero-order chi connectivity index (χ0) is 26.6. The zero-order valence-electron chi connectivity index (χ0n) is 22.1. The van der Waals surface area contributed by atoms with Gasteiger partial charge in [-0.1, -0.05) is 24.3 Å². The summed E-state index contributed by atoms with van der Waals surface area (Å²) in [5, 5.41) is 3.58. The third-order valence-electron chi connectivity index (χ3n) is 7.00. The first kappa shape index (κ1) is 25.5. The molecule has 1 fully saturated rings. The monoisotopic (exact) mass is 511 g/mol. The van der Waals surface area contributed by atoms with Crippen molar-refractivity contribution in [1.29, 1.82) is 0 Å². The fourth-order valence-electron chi connectivity index (χ4n) is 4.94. The highest BCUT2D eigenvalue weighted by Crippen LogP contribution is 2.25. The molecular weight excluding hydrogens is 478 g/mol. The first-order valence-corrected chi connectivity index (χ1v) is 13.1. The van der Waals surface area contributed by atoms with Crippen LogP contribution in [0.3, 0.4) is 0 Å². The number of hydrogen-bond acceptors (Lipinski definition) is 5. The van der Waals surface area contributed by atoms with E-state index in [2.05, 4.69) is 17.1 Å². The van der Waals surface area contributed by atoms with Gasteiger partial charge in [0.15, 0.2) is 0 Å². The number of fused-ring (bicyclic) bond motifs is 1. The minimum Gasteiger partial charge on any atom is -0.494 e. The molecule has 1 aliphatic heterocycles. The highest BCUT2D eigenvalue weighted by Gasteiger charge is 2.28. The summed E-state index contributed by atoms with van der Waals surface area (Å²) in [5.74, 6) is 1.43. The zero-order valence-corrected chi connectivity index (χ0v) is 22.1. The van der Waals surface area contributed by atoms with Gasteiger partial charge in [-0.05, 0) is 74.9 Å². The topological polar surface area (TPSA) is 79.7 Å². The van der Waals surface area contributed by atoms with E-state index in [-0.39, 0.29) is 17.6 Å². The predicted octanol–water partition coefficient (Wildman–Crippen LogP) is 5.00. The number of urea groups is 1. The standard InChI is InChI=1S/C30H33N5O3/c1-4-38-25-14-12-24(13-15-25)35-28(32-27-11-6-5-10-26(27)29(35)36)22(3)33-16-18-34(19-17-33)30(37)31-23-9-7-8-21(2)20-23/h5-15,20,22H,4,16-19H2,1-3H3,(H,31,37). The van der Waals surface area contributed by atoms with Gasteiger partial charge in [-0.25, -0.2) is 9.78 Å². The van der Waals surface area contributed by atoms with E-state index in [4.69, 9.17) is 9.72 Å². The largest absolute Gasteiger partial charge is 0.494 e. The van der Waals surface area contributed by atoms with E-state index >= 15 is 0 Å². The van der Waals surface area contributed by atoms with Crippen LogP contribution in [0, 0.1) is 6.92 Å². The lowest BCUT2D eigenvalue weighted by atomic mass is 10.1. The number of nitrogens with one attached hydrogen (secondary N) is 1. The molecule has 3 aromatic carbocycles. The molecule has 1 saturated heterocycles. The van der Waals surface area contributed by atoms with Crippen LogP contribution in [0.2, 0.25) is 0 Å². The van der Waals surface area contributed by atoms with Crippen molar-refractivity contribution >= 4 is 22.6 Å². The molecule has 0 saturated carbocycles. The first-order valence-electron chi connectivity index (χ1n) is 13.1. The molecule has 1 N–H and O–H groups in total. The number of para-hydroxylation sites is 1. The van der Waals surface area contributed by atoms with Crippen molar-refractivity contribution in [3.05, 3.63) is 94.5 Å². The number of rotatable bonds is 6. The van der Waals surface area contributed by atoms with E-state index in [1.807, 2.05) is 91.5 Å². The number of aromatic nitrogens is 2. The molecule has 2 heterocycles. The smallest absolute Gasteiger partial charge is 0.321 e. The number of aryl methyl sites for hydroxylation is 1. The quantitative estimate of drug-likeness (QED) is 0.394. The molecule has 1 atom stereocenters. The van der Waals surface area contributed by atoms with Gasteiger partial charge in [0.2, 0.25) is 0 Å². The molecule has 0 aliphatic carbocycles. The molecular formula is C30H33N5O3. The molecule has 1 unspecified atom stereocenters. The Morgan fingerprint density at radius 2 is 1.74 bits per heavy atom. The molecule has 0 spiro atoms. The second-order valence-corrected chi connectivity index (χ2v) is 9.55. The average molecular weight is 512 g/mol. The van der Waals surface area contributed by atoms with Crippen LogP contribution in [0.5, 0.6) is 5.75 Å². The second-order valence-electron chi connectivity index (χ2n) is 9.55. The summed E-state index contributed by atoms with van der Waals surface area (Å²) >= 11 is 0. The van der Waals surface area contributed by atoms with Gasteiger partial charge < -0.3 is 15.0 Å². The van der Waals surface area contributed by atoms with Gasteiger partial charge in [-0.3, -0.25) is 14.3 Å². The van der Waals surface area contributed by atoms with Crippen LogP contribution in [-0.4, -0.2) is 58.2 Å². The van der Waals surface area contributed by atoms with Crippen molar-refractivity contribution in [2.24, 2.45) is 0 Å². The number of anilines is 1. The van der Waals surface area contributed by atoms with E-state index in [0.29, 0.717) is 49.5 Å². The highest BCUT2D eigenvalue weighted by atomic mass is 16.5. The maximum absolute atomic E-state index is 13.7. The van der Waals surface area contributed by atoms with E-state index in [1.54, 1.807) is 4.57 Å².